The summed E-state index contributed by atoms with van der Waals surface area (Å²) in [6.45, 7) is 2.89. The lowest BCUT2D eigenvalue weighted by atomic mass is 10.2. The highest BCUT2D eigenvalue weighted by molar-refractivity contribution is 5.28. The van der Waals surface area contributed by atoms with Gasteiger partial charge in [-0.25, -0.2) is 0 Å². The number of benzene rings is 2. The van der Waals surface area contributed by atoms with Crippen molar-refractivity contribution in [2.75, 3.05) is 7.11 Å². The Balaban J connectivity index is 1.48. The number of hydrogen-bond donors (Lipinski definition) is 0. The predicted molar refractivity (Wildman–Crippen MR) is 105 cm³/mol. The monoisotopic (exact) mass is 346 g/mol. The Morgan fingerprint density at radius 2 is 1.73 bits per heavy atom. The van der Waals surface area contributed by atoms with Crippen LogP contribution in [0.4, 0.5) is 0 Å². The zero-order valence-corrected chi connectivity index (χ0v) is 15.3. The molecule has 0 aliphatic heterocycles. The van der Waals surface area contributed by atoms with Gasteiger partial charge in [0.15, 0.2) is 0 Å². The van der Waals surface area contributed by atoms with Crippen molar-refractivity contribution in [3.8, 4) is 5.75 Å². The molecule has 0 spiro atoms. The lowest BCUT2D eigenvalue weighted by molar-refractivity contribution is 0.239. The summed E-state index contributed by atoms with van der Waals surface area (Å²) in [6.07, 6.45) is 4.81. The van der Waals surface area contributed by atoms with Crippen LogP contribution in [0.15, 0.2) is 72.9 Å². The van der Waals surface area contributed by atoms with Crippen LogP contribution in [0.3, 0.4) is 0 Å². The number of ether oxygens (including phenoxy) is 1. The van der Waals surface area contributed by atoms with Gasteiger partial charge in [0.05, 0.1) is 7.11 Å². The number of rotatable bonds is 8. The summed E-state index contributed by atoms with van der Waals surface area (Å²) in [6, 6.07) is 24.2. The van der Waals surface area contributed by atoms with Crippen LogP contribution in [0.25, 0.3) is 0 Å². The van der Waals surface area contributed by atoms with E-state index in [4.69, 9.17) is 4.74 Å². The lowest BCUT2D eigenvalue weighted by Crippen LogP contribution is -2.26. The molecule has 1 heterocycles. The van der Waals surface area contributed by atoms with E-state index in [1.807, 2.05) is 6.07 Å². The van der Waals surface area contributed by atoms with Crippen molar-refractivity contribution in [1.29, 1.82) is 0 Å². The summed E-state index contributed by atoms with van der Waals surface area (Å²) in [5, 5.41) is 0. The fraction of sp³-hybridized carbons (Fsp3) is 0.304. The van der Waals surface area contributed by atoms with Gasteiger partial charge < -0.3 is 9.30 Å². The van der Waals surface area contributed by atoms with Crippen LogP contribution < -0.4 is 4.74 Å². The molecular formula is C23H26N2O. The van der Waals surface area contributed by atoms with Gasteiger partial charge in [-0.15, -0.1) is 0 Å². The zero-order chi connectivity index (χ0) is 17.8. The van der Waals surface area contributed by atoms with Gasteiger partial charge in [-0.2, -0.15) is 0 Å². The molecular weight excluding hydrogens is 320 g/mol. The largest absolute Gasteiger partial charge is 0.497 e. The summed E-state index contributed by atoms with van der Waals surface area (Å²) in [5.74, 6) is 0.936. The fourth-order valence-corrected chi connectivity index (χ4v) is 3.49. The van der Waals surface area contributed by atoms with Gasteiger partial charge in [-0.1, -0.05) is 42.5 Å². The van der Waals surface area contributed by atoms with Gasteiger partial charge in [0.25, 0.3) is 0 Å². The Morgan fingerprint density at radius 1 is 0.923 bits per heavy atom. The molecule has 0 amide bonds. The topological polar surface area (TPSA) is 17.4 Å². The van der Waals surface area contributed by atoms with E-state index in [1.165, 1.54) is 29.7 Å². The second-order valence-corrected chi connectivity index (χ2v) is 7.10. The first kappa shape index (κ1) is 16.9. The average Bonchev–Trinajstić information content (AvgIpc) is 3.44. The van der Waals surface area contributed by atoms with Gasteiger partial charge in [-0.3, -0.25) is 4.90 Å². The standard InChI is InChI=1S/C23H26N2O/c1-26-23-11-5-9-20(15-23)17-25(21-12-13-21)18-22-10-6-14-24(22)16-19-7-3-2-4-8-19/h2-11,14-15,21H,12-13,16-18H2,1H3. The third-order valence-electron chi connectivity index (χ3n) is 5.07. The minimum Gasteiger partial charge on any atom is -0.497 e. The molecule has 0 saturated heterocycles. The maximum absolute atomic E-state index is 5.38. The van der Waals surface area contributed by atoms with E-state index in [2.05, 4.69) is 76.3 Å². The minimum atomic E-state index is 0.710. The Hall–Kier alpha value is -2.52. The van der Waals surface area contributed by atoms with Crippen LogP contribution >= 0.6 is 0 Å². The van der Waals surface area contributed by atoms with Crippen LogP contribution in [-0.2, 0) is 19.6 Å². The number of aromatic nitrogens is 1. The summed E-state index contributed by atoms with van der Waals surface area (Å²) in [7, 11) is 1.73. The summed E-state index contributed by atoms with van der Waals surface area (Å²) < 4.78 is 7.75. The molecule has 1 fully saturated rings. The van der Waals surface area contributed by atoms with E-state index >= 15 is 0 Å². The van der Waals surface area contributed by atoms with Crippen LogP contribution in [0.5, 0.6) is 5.75 Å². The van der Waals surface area contributed by atoms with Crippen molar-refractivity contribution >= 4 is 0 Å². The number of methoxy groups -OCH3 is 1. The molecule has 3 aromatic rings. The molecule has 4 rings (SSSR count). The Labute approximate surface area is 155 Å². The van der Waals surface area contributed by atoms with E-state index in [0.717, 1.165) is 25.4 Å². The molecule has 1 aliphatic carbocycles. The zero-order valence-electron chi connectivity index (χ0n) is 15.3. The van der Waals surface area contributed by atoms with Crippen LogP contribution in [0.1, 0.15) is 29.7 Å². The highest BCUT2D eigenvalue weighted by Crippen LogP contribution is 2.30. The van der Waals surface area contributed by atoms with E-state index < -0.39 is 0 Å². The van der Waals surface area contributed by atoms with Gasteiger partial charge >= 0.3 is 0 Å². The van der Waals surface area contributed by atoms with E-state index in [0.29, 0.717) is 6.04 Å². The Bertz CT molecular complexity index is 836. The number of nitrogens with zero attached hydrogens (tertiary/aromatic N) is 2. The van der Waals surface area contributed by atoms with Gasteiger partial charge in [0.1, 0.15) is 5.75 Å². The third kappa shape index (κ3) is 4.17. The van der Waals surface area contributed by atoms with Crippen molar-refractivity contribution in [3.05, 3.63) is 89.7 Å². The highest BCUT2D eigenvalue weighted by atomic mass is 16.5. The first-order valence-electron chi connectivity index (χ1n) is 9.37. The van der Waals surface area contributed by atoms with E-state index in [1.54, 1.807) is 7.11 Å². The third-order valence-corrected chi connectivity index (χ3v) is 5.07. The van der Waals surface area contributed by atoms with E-state index in [-0.39, 0.29) is 0 Å². The maximum Gasteiger partial charge on any atom is 0.119 e. The minimum absolute atomic E-state index is 0.710. The Kier molecular flexibility index (Phi) is 5.07. The summed E-state index contributed by atoms with van der Waals surface area (Å²) >= 11 is 0. The normalized spacial score (nSPS) is 13.9. The number of hydrogen-bond acceptors (Lipinski definition) is 2. The van der Waals surface area contributed by atoms with Crippen molar-refractivity contribution in [3.63, 3.8) is 0 Å². The SMILES string of the molecule is COc1cccc(CN(Cc2cccn2Cc2ccccc2)C2CC2)c1. The molecule has 134 valence electrons. The second kappa shape index (κ2) is 7.79. The molecule has 3 nitrogen and oxygen atoms in total. The smallest absolute Gasteiger partial charge is 0.119 e. The second-order valence-electron chi connectivity index (χ2n) is 7.10. The Morgan fingerprint density at radius 3 is 2.50 bits per heavy atom. The molecule has 0 unspecified atom stereocenters. The molecule has 3 heteroatoms. The molecule has 1 saturated carbocycles. The first-order chi connectivity index (χ1) is 12.8. The van der Waals surface area contributed by atoms with E-state index in [9.17, 15) is 0 Å². The average molecular weight is 346 g/mol. The molecule has 0 N–H and O–H groups in total. The van der Waals surface area contributed by atoms with Crippen molar-refractivity contribution in [2.45, 2.75) is 38.5 Å². The van der Waals surface area contributed by atoms with Crippen LogP contribution in [-0.4, -0.2) is 22.6 Å². The maximum atomic E-state index is 5.38. The van der Waals surface area contributed by atoms with Crippen molar-refractivity contribution in [1.82, 2.24) is 9.47 Å². The molecule has 0 radical (unpaired) electrons. The van der Waals surface area contributed by atoms with Crippen molar-refractivity contribution < 1.29 is 4.74 Å². The quantitative estimate of drug-likeness (QED) is 0.588. The van der Waals surface area contributed by atoms with Crippen LogP contribution in [0.2, 0.25) is 0 Å². The van der Waals surface area contributed by atoms with Crippen LogP contribution in [0, 0.1) is 0 Å². The van der Waals surface area contributed by atoms with Gasteiger partial charge in [0.2, 0.25) is 0 Å². The molecule has 0 atom stereocenters. The lowest BCUT2D eigenvalue weighted by Gasteiger charge is -2.23. The summed E-state index contributed by atoms with van der Waals surface area (Å²) in [4.78, 5) is 2.60. The van der Waals surface area contributed by atoms with Gasteiger partial charge in [0, 0.05) is 37.6 Å². The fourth-order valence-electron chi connectivity index (χ4n) is 3.49. The highest BCUT2D eigenvalue weighted by Gasteiger charge is 2.29. The molecule has 0 bridgehead atoms. The first-order valence-corrected chi connectivity index (χ1v) is 9.37. The van der Waals surface area contributed by atoms with Crippen molar-refractivity contribution in [2.24, 2.45) is 0 Å². The summed E-state index contributed by atoms with van der Waals surface area (Å²) in [5.41, 5.74) is 4.04. The predicted octanol–water partition coefficient (Wildman–Crippen LogP) is 4.71. The van der Waals surface area contributed by atoms with Gasteiger partial charge in [-0.05, 0) is 48.2 Å². The molecule has 26 heavy (non-hydrogen) atoms. The molecule has 2 aromatic carbocycles. The molecule has 1 aromatic heterocycles. The molecule has 1 aliphatic rings.